The Labute approximate surface area is 86.1 Å². The number of benzene rings is 1. The maximum absolute atomic E-state index is 12.7. The largest absolute Gasteiger partial charge is 0.390 e. The van der Waals surface area contributed by atoms with Crippen molar-refractivity contribution in [3.63, 3.8) is 0 Å². The summed E-state index contributed by atoms with van der Waals surface area (Å²) in [5.74, 6) is -1.26. The maximum Gasteiger partial charge on any atom is 0.159 e. The smallest absolute Gasteiger partial charge is 0.159 e. The van der Waals surface area contributed by atoms with Gasteiger partial charge in [-0.05, 0) is 32.0 Å². The summed E-state index contributed by atoms with van der Waals surface area (Å²) in [6, 6.07) is 3.71. The van der Waals surface area contributed by atoms with E-state index in [1.54, 1.807) is 13.8 Å². The molecule has 0 radical (unpaired) electrons. The molecule has 0 spiro atoms. The van der Waals surface area contributed by atoms with E-state index in [1.165, 1.54) is 17.8 Å². The zero-order chi connectivity index (χ0) is 10.8. The van der Waals surface area contributed by atoms with Gasteiger partial charge in [0.1, 0.15) is 0 Å². The van der Waals surface area contributed by atoms with Crippen molar-refractivity contribution in [2.75, 3.05) is 5.75 Å². The van der Waals surface area contributed by atoms with Crippen LogP contribution in [0.25, 0.3) is 0 Å². The van der Waals surface area contributed by atoms with E-state index in [0.717, 1.165) is 12.1 Å². The van der Waals surface area contributed by atoms with E-state index in [1.807, 2.05) is 0 Å². The summed E-state index contributed by atoms with van der Waals surface area (Å²) in [7, 11) is 0. The summed E-state index contributed by atoms with van der Waals surface area (Å²) in [5.41, 5.74) is -0.810. The SMILES string of the molecule is CC(C)(O)CSc1ccc(F)c(F)c1. The summed E-state index contributed by atoms with van der Waals surface area (Å²) in [5, 5.41) is 9.41. The van der Waals surface area contributed by atoms with Crippen LogP contribution < -0.4 is 0 Å². The molecule has 0 unspecified atom stereocenters. The van der Waals surface area contributed by atoms with Crippen molar-refractivity contribution in [2.45, 2.75) is 24.3 Å². The lowest BCUT2D eigenvalue weighted by Gasteiger charge is -2.15. The monoisotopic (exact) mass is 218 g/mol. The highest BCUT2D eigenvalue weighted by Gasteiger charge is 2.13. The van der Waals surface area contributed by atoms with Gasteiger partial charge in [-0.1, -0.05) is 0 Å². The van der Waals surface area contributed by atoms with Crippen molar-refractivity contribution in [1.29, 1.82) is 0 Å². The Morgan fingerprint density at radius 3 is 2.43 bits per heavy atom. The maximum atomic E-state index is 12.7. The quantitative estimate of drug-likeness (QED) is 0.787. The van der Waals surface area contributed by atoms with E-state index in [2.05, 4.69) is 0 Å². The first-order valence-corrected chi connectivity index (χ1v) is 5.17. The van der Waals surface area contributed by atoms with Gasteiger partial charge in [0.05, 0.1) is 5.60 Å². The predicted molar refractivity (Wildman–Crippen MR) is 53.4 cm³/mol. The van der Waals surface area contributed by atoms with Crippen molar-refractivity contribution in [3.8, 4) is 0 Å². The lowest BCUT2D eigenvalue weighted by molar-refractivity contribution is 0.107. The van der Waals surface area contributed by atoms with Gasteiger partial charge in [-0.3, -0.25) is 0 Å². The van der Waals surface area contributed by atoms with Gasteiger partial charge in [0, 0.05) is 10.6 Å². The van der Waals surface area contributed by atoms with Crippen LogP contribution >= 0.6 is 11.8 Å². The van der Waals surface area contributed by atoms with Gasteiger partial charge in [-0.2, -0.15) is 0 Å². The molecule has 0 aliphatic carbocycles. The van der Waals surface area contributed by atoms with Gasteiger partial charge in [-0.15, -0.1) is 11.8 Å². The molecular formula is C10H12F2OS. The van der Waals surface area contributed by atoms with Crippen LogP contribution in [0.15, 0.2) is 23.1 Å². The second-order valence-corrected chi connectivity index (χ2v) is 4.73. The molecule has 1 rings (SSSR count). The summed E-state index contributed by atoms with van der Waals surface area (Å²) in [4.78, 5) is 0.617. The molecule has 0 bridgehead atoms. The molecule has 1 nitrogen and oxygen atoms in total. The third kappa shape index (κ3) is 3.64. The predicted octanol–water partition coefficient (Wildman–Crippen LogP) is 2.83. The topological polar surface area (TPSA) is 20.2 Å². The molecule has 0 aliphatic rings. The fourth-order valence-corrected chi connectivity index (χ4v) is 1.70. The Morgan fingerprint density at radius 1 is 1.29 bits per heavy atom. The molecular weight excluding hydrogens is 206 g/mol. The average Bonchev–Trinajstić information content (AvgIpc) is 2.06. The summed E-state index contributed by atoms with van der Waals surface area (Å²) < 4.78 is 25.3. The molecule has 0 atom stereocenters. The van der Waals surface area contributed by atoms with Crippen LogP contribution in [-0.4, -0.2) is 16.5 Å². The first-order valence-electron chi connectivity index (χ1n) is 4.19. The van der Waals surface area contributed by atoms with Gasteiger partial charge in [0.25, 0.3) is 0 Å². The van der Waals surface area contributed by atoms with Crippen molar-refractivity contribution in [3.05, 3.63) is 29.8 Å². The lowest BCUT2D eigenvalue weighted by atomic mass is 10.2. The minimum atomic E-state index is -0.856. The highest BCUT2D eigenvalue weighted by molar-refractivity contribution is 7.99. The first kappa shape index (κ1) is 11.5. The number of hydrogen-bond acceptors (Lipinski definition) is 2. The molecule has 0 heterocycles. The van der Waals surface area contributed by atoms with Crippen LogP contribution in [0.1, 0.15) is 13.8 Å². The van der Waals surface area contributed by atoms with Crippen LogP contribution in [0, 0.1) is 11.6 Å². The zero-order valence-corrected chi connectivity index (χ0v) is 8.87. The Kier molecular flexibility index (Phi) is 3.50. The van der Waals surface area contributed by atoms with Crippen molar-refractivity contribution < 1.29 is 13.9 Å². The molecule has 0 amide bonds. The fraction of sp³-hybridized carbons (Fsp3) is 0.400. The summed E-state index contributed by atoms with van der Waals surface area (Å²) in [6.07, 6.45) is 0. The van der Waals surface area contributed by atoms with Crippen molar-refractivity contribution in [2.24, 2.45) is 0 Å². The lowest BCUT2D eigenvalue weighted by Crippen LogP contribution is -2.21. The second-order valence-electron chi connectivity index (χ2n) is 3.68. The van der Waals surface area contributed by atoms with E-state index >= 15 is 0 Å². The van der Waals surface area contributed by atoms with E-state index < -0.39 is 17.2 Å². The van der Waals surface area contributed by atoms with Crippen LogP contribution in [-0.2, 0) is 0 Å². The van der Waals surface area contributed by atoms with Gasteiger partial charge < -0.3 is 5.11 Å². The molecule has 0 aromatic heterocycles. The average molecular weight is 218 g/mol. The Balaban J connectivity index is 2.65. The van der Waals surface area contributed by atoms with E-state index in [4.69, 9.17) is 0 Å². The summed E-state index contributed by atoms with van der Waals surface area (Å²) in [6.45, 7) is 3.33. The zero-order valence-electron chi connectivity index (χ0n) is 8.05. The second kappa shape index (κ2) is 4.28. The Hall–Kier alpha value is -0.610. The van der Waals surface area contributed by atoms with E-state index in [0.29, 0.717) is 10.6 Å². The molecule has 1 N–H and O–H groups in total. The van der Waals surface area contributed by atoms with Crippen LogP contribution in [0.4, 0.5) is 8.78 Å². The fourth-order valence-electron chi connectivity index (χ4n) is 0.827. The minimum Gasteiger partial charge on any atom is -0.390 e. The van der Waals surface area contributed by atoms with Crippen LogP contribution in [0.3, 0.4) is 0 Å². The molecule has 4 heteroatoms. The first-order chi connectivity index (χ1) is 6.38. The van der Waals surface area contributed by atoms with Crippen molar-refractivity contribution >= 4 is 11.8 Å². The third-order valence-corrected chi connectivity index (χ3v) is 2.92. The standard InChI is InChI=1S/C10H12F2OS/c1-10(2,13)6-14-7-3-4-8(11)9(12)5-7/h3-5,13H,6H2,1-2H3. The molecule has 0 saturated heterocycles. The molecule has 78 valence electrons. The minimum absolute atomic E-state index is 0.443. The van der Waals surface area contributed by atoms with Crippen LogP contribution in [0.2, 0.25) is 0 Å². The molecule has 1 aromatic carbocycles. The molecule has 14 heavy (non-hydrogen) atoms. The molecule has 0 saturated carbocycles. The number of halogens is 2. The molecule has 0 fully saturated rings. The summed E-state index contributed by atoms with van der Waals surface area (Å²) >= 11 is 1.29. The molecule has 1 aromatic rings. The number of rotatable bonds is 3. The number of aliphatic hydroxyl groups is 1. The van der Waals surface area contributed by atoms with Crippen molar-refractivity contribution in [1.82, 2.24) is 0 Å². The molecule has 0 aliphatic heterocycles. The highest BCUT2D eigenvalue weighted by atomic mass is 32.2. The third-order valence-electron chi connectivity index (χ3n) is 1.48. The van der Waals surface area contributed by atoms with Gasteiger partial charge in [0.15, 0.2) is 11.6 Å². The highest BCUT2D eigenvalue weighted by Crippen LogP contribution is 2.23. The number of hydrogen-bond donors (Lipinski definition) is 1. The van der Waals surface area contributed by atoms with Gasteiger partial charge >= 0.3 is 0 Å². The van der Waals surface area contributed by atoms with E-state index in [9.17, 15) is 13.9 Å². The normalized spacial score (nSPS) is 11.8. The van der Waals surface area contributed by atoms with Gasteiger partial charge in [0.2, 0.25) is 0 Å². The Morgan fingerprint density at radius 2 is 1.93 bits per heavy atom. The van der Waals surface area contributed by atoms with E-state index in [-0.39, 0.29) is 0 Å². The van der Waals surface area contributed by atoms with Gasteiger partial charge in [-0.25, -0.2) is 8.78 Å². The number of thioether (sulfide) groups is 1. The van der Waals surface area contributed by atoms with Crippen LogP contribution in [0.5, 0.6) is 0 Å². The Bertz CT molecular complexity index is 320.